The number of guanidine groups is 1. The largest absolute Gasteiger partial charge is 0.348 e. The van der Waals surface area contributed by atoms with Gasteiger partial charge >= 0.3 is 5.92 Å². The zero-order chi connectivity index (χ0) is 25.8. The highest BCUT2D eigenvalue weighted by Crippen LogP contribution is 2.24. The maximum atomic E-state index is 13.9. The van der Waals surface area contributed by atoms with Crippen LogP contribution in [0, 0.1) is 18.6 Å². The molecule has 0 heterocycles. The summed E-state index contributed by atoms with van der Waals surface area (Å²) < 4.78 is 54.0. The number of rotatable bonds is 5. The van der Waals surface area contributed by atoms with Crippen LogP contribution in [0.25, 0.3) is 0 Å². The van der Waals surface area contributed by atoms with Gasteiger partial charge in [0.2, 0.25) is 5.96 Å². The van der Waals surface area contributed by atoms with Crippen LogP contribution < -0.4 is 16.0 Å². The summed E-state index contributed by atoms with van der Waals surface area (Å²) in [5.41, 5.74) is 0.676. The van der Waals surface area contributed by atoms with Gasteiger partial charge < -0.3 is 10.6 Å². The Kier molecular flexibility index (Phi) is 8.37. The van der Waals surface area contributed by atoms with Crippen molar-refractivity contribution < 1.29 is 27.2 Å². The molecule has 0 saturated heterocycles. The lowest BCUT2D eigenvalue weighted by atomic mass is 9.91. The monoisotopic (exact) mass is 512 g/mol. The van der Waals surface area contributed by atoms with Crippen molar-refractivity contribution >= 4 is 35.1 Å². The topological polar surface area (TPSA) is 82.6 Å². The van der Waals surface area contributed by atoms with E-state index in [4.69, 9.17) is 11.6 Å². The number of halogens is 5. The van der Waals surface area contributed by atoms with Crippen LogP contribution in [0.2, 0.25) is 5.02 Å². The number of carbonyl (C=O) groups excluding carboxylic acids is 2. The van der Waals surface area contributed by atoms with Crippen molar-refractivity contribution in [1.82, 2.24) is 10.6 Å². The molecule has 1 fully saturated rings. The Morgan fingerprint density at radius 1 is 1.06 bits per heavy atom. The minimum Gasteiger partial charge on any atom is -0.348 e. The molecule has 0 aromatic heterocycles. The van der Waals surface area contributed by atoms with Crippen molar-refractivity contribution in [2.75, 3.05) is 5.32 Å². The first kappa shape index (κ1) is 26.5. The molecule has 1 aliphatic rings. The Morgan fingerprint density at radius 2 is 1.74 bits per heavy atom. The zero-order valence-electron chi connectivity index (χ0n) is 19.1. The summed E-state index contributed by atoms with van der Waals surface area (Å²) in [6.07, 6.45) is 1.72. The average molecular weight is 513 g/mol. The smallest absolute Gasteiger partial charge is 0.321 e. The Bertz CT molecular complexity index is 1110. The standard InChI is InChI=1S/C24H25ClF4N4O2/c1-13-3-4-14(9-20(13)27)21(34)33-23(32-19-11-15(25)10-16(26)12-19)31-18-7-5-17(6-8-18)30-22(35)24(2,28)29/h3-4,9-12,17-18H,5-8H2,1-2H3,(H,30,35)(H2,31,32,33,34). The first-order valence-electron chi connectivity index (χ1n) is 11.0. The van der Waals surface area contributed by atoms with Gasteiger partial charge in [0.05, 0.1) is 6.04 Å². The maximum absolute atomic E-state index is 13.9. The van der Waals surface area contributed by atoms with Crippen LogP contribution in [0.15, 0.2) is 41.4 Å². The lowest BCUT2D eigenvalue weighted by Crippen LogP contribution is -2.45. The van der Waals surface area contributed by atoms with E-state index in [0.717, 1.165) is 18.2 Å². The number of hydrogen-bond donors (Lipinski definition) is 3. The number of nitrogens with zero attached hydrogens (tertiary/aromatic N) is 1. The molecule has 188 valence electrons. The molecule has 2 aromatic rings. The molecule has 35 heavy (non-hydrogen) atoms. The molecule has 3 N–H and O–H groups in total. The van der Waals surface area contributed by atoms with Gasteiger partial charge in [0.15, 0.2) is 0 Å². The summed E-state index contributed by atoms with van der Waals surface area (Å²) in [4.78, 5) is 28.8. The summed E-state index contributed by atoms with van der Waals surface area (Å²) in [5, 5.41) is 7.87. The zero-order valence-corrected chi connectivity index (χ0v) is 19.9. The second kappa shape index (κ2) is 11.1. The molecular formula is C24H25ClF4N4O2. The molecule has 2 aromatic carbocycles. The van der Waals surface area contributed by atoms with Crippen LogP contribution in [0.3, 0.4) is 0 Å². The van der Waals surface area contributed by atoms with Crippen LogP contribution in [0.4, 0.5) is 23.2 Å². The van der Waals surface area contributed by atoms with E-state index in [1.54, 1.807) is 6.92 Å². The predicted molar refractivity (Wildman–Crippen MR) is 126 cm³/mol. The summed E-state index contributed by atoms with van der Waals surface area (Å²) in [5.74, 6) is -6.58. The van der Waals surface area contributed by atoms with Crippen LogP contribution in [0.5, 0.6) is 0 Å². The molecule has 0 spiro atoms. The highest BCUT2D eigenvalue weighted by atomic mass is 35.5. The second-order valence-electron chi connectivity index (χ2n) is 8.55. The second-order valence-corrected chi connectivity index (χ2v) is 8.98. The number of nitrogens with one attached hydrogen (secondary N) is 3. The first-order valence-corrected chi connectivity index (χ1v) is 11.4. The lowest BCUT2D eigenvalue weighted by molar-refractivity contribution is -0.144. The molecule has 1 aliphatic carbocycles. The fourth-order valence-electron chi connectivity index (χ4n) is 3.62. The number of anilines is 1. The quantitative estimate of drug-likeness (QED) is 0.292. The molecule has 3 rings (SSSR count). The van der Waals surface area contributed by atoms with E-state index in [0.29, 0.717) is 38.2 Å². The molecule has 0 unspecified atom stereocenters. The van der Waals surface area contributed by atoms with Crippen molar-refractivity contribution in [3.63, 3.8) is 0 Å². The first-order chi connectivity index (χ1) is 16.4. The minimum absolute atomic E-state index is 0.00905. The van der Waals surface area contributed by atoms with Crippen LogP contribution in [-0.2, 0) is 4.79 Å². The van der Waals surface area contributed by atoms with Gasteiger partial charge in [-0.1, -0.05) is 17.7 Å². The van der Waals surface area contributed by atoms with E-state index < -0.39 is 35.4 Å². The molecule has 0 aliphatic heterocycles. The van der Waals surface area contributed by atoms with Gasteiger partial charge in [0, 0.05) is 29.2 Å². The average Bonchev–Trinajstić information content (AvgIpc) is 2.75. The number of aryl methyl sites for hydroxylation is 1. The van der Waals surface area contributed by atoms with E-state index in [1.165, 1.54) is 18.2 Å². The van der Waals surface area contributed by atoms with Crippen LogP contribution >= 0.6 is 11.6 Å². The number of carbonyl (C=O) groups is 2. The number of benzene rings is 2. The van der Waals surface area contributed by atoms with E-state index in [2.05, 4.69) is 20.9 Å². The Labute approximate surface area is 205 Å². The van der Waals surface area contributed by atoms with Crippen LogP contribution in [0.1, 0.15) is 48.5 Å². The number of aliphatic imine (C=N–C) groups is 1. The molecule has 11 heteroatoms. The third-order valence-corrected chi connectivity index (χ3v) is 5.75. The fraction of sp³-hybridized carbons (Fsp3) is 0.375. The molecule has 0 atom stereocenters. The summed E-state index contributed by atoms with van der Waals surface area (Å²) in [6.45, 7) is 2.11. The highest BCUT2D eigenvalue weighted by molar-refractivity contribution is 6.31. The van der Waals surface area contributed by atoms with Gasteiger partial charge in [-0.25, -0.2) is 13.8 Å². The molecular weight excluding hydrogens is 488 g/mol. The van der Waals surface area contributed by atoms with Crippen molar-refractivity contribution in [2.45, 2.75) is 57.5 Å². The fourth-order valence-corrected chi connectivity index (χ4v) is 3.84. The van der Waals surface area contributed by atoms with E-state index in [-0.39, 0.29) is 28.3 Å². The molecule has 1 saturated carbocycles. The van der Waals surface area contributed by atoms with Gasteiger partial charge in [0.25, 0.3) is 11.8 Å². The van der Waals surface area contributed by atoms with E-state index in [1.807, 2.05) is 0 Å². The number of amides is 2. The van der Waals surface area contributed by atoms with Crippen molar-refractivity contribution in [2.24, 2.45) is 4.99 Å². The third kappa shape index (κ3) is 7.68. The minimum atomic E-state index is -3.46. The van der Waals surface area contributed by atoms with Crippen molar-refractivity contribution in [3.05, 3.63) is 64.2 Å². The normalized spacial score (nSPS) is 18.7. The number of alkyl halides is 2. The van der Waals surface area contributed by atoms with Gasteiger partial charge in [-0.2, -0.15) is 8.78 Å². The Morgan fingerprint density at radius 3 is 2.34 bits per heavy atom. The summed E-state index contributed by atoms with van der Waals surface area (Å²) in [7, 11) is 0. The van der Waals surface area contributed by atoms with Crippen LogP contribution in [-0.4, -0.2) is 35.8 Å². The van der Waals surface area contributed by atoms with Gasteiger partial charge in [0.1, 0.15) is 11.6 Å². The molecule has 0 bridgehead atoms. The SMILES string of the molecule is Cc1ccc(C(=O)NC(=NC2CCC(NC(=O)C(C)(F)F)CC2)Nc2cc(F)cc(Cl)c2)cc1F. The Hall–Kier alpha value is -3.14. The summed E-state index contributed by atoms with van der Waals surface area (Å²) >= 11 is 5.91. The lowest BCUT2D eigenvalue weighted by Gasteiger charge is -2.28. The Balaban J connectivity index is 1.75. The predicted octanol–water partition coefficient (Wildman–Crippen LogP) is 5.21. The summed E-state index contributed by atoms with van der Waals surface area (Å²) in [6, 6.07) is 7.02. The molecule has 2 amide bonds. The third-order valence-electron chi connectivity index (χ3n) is 5.53. The number of hydrogen-bond acceptors (Lipinski definition) is 3. The highest BCUT2D eigenvalue weighted by Gasteiger charge is 2.34. The van der Waals surface area contributed by atoms with Gasteiger partial charge in [-0.15, -0.1) is 0 Å². The maximum Gasteiger partial charge on any atom is 0.321 e. The van der Waals surface area contributed by atoms with E-state index in [9.17, 15) is 27.2 Å². The van der Waals surface area contributed by atoms with Crippen molar-refractivity contribution in [3.8, 4) is 0 Å². The van der Waals surface area contributed by atoms with Gasteiger partial charge in [-0.3, -0.25) is 14.9 Å². The van der Waals surface area contributed by atoms with Crippen molar-refractivity contribution in [1.29, 1.82) is 0 Å². The van der Waals surface area contributed by atoms with E-state index >= 15 is 0 Å². The van der Waals surface area contributed by atoms with Gasteiger partial charge in [-0.05, 0) is 68.5 Å². The molecule has 0 radical (unpaired) electrons. The molecule has 6 nitrogen and oxygen atoms in total.